The molecule has 4 rings (SSSR count). The molecule has 2 aromatic heterocycles. The van der Waals surface area contributed by atoms with E-state index < -0.39 is 0 Å². The van der Waals surface area contributed by atoms with E-state index in [1.165, 1.54) is 28.9 Å². The summed E-state index contributed by atoms with van der Waals surface area (Å²) < 4.78 is 5.80. The van der Waals surface area contributed by atoms with Crippen LogP contribution in [0.5, 0.6) is 0 Å². The number of hydrogen-bond donors (Lipinski definition) is 1. The van der Waals surface area contributed by atoms with Crippen molar-refractivity contribution in [1.82, 2.24) is 9.97 Å². The Morgan fingerprint density at radius 2 is 2.00 bits per heavy atom. The highest BCUT2D eigenvalue weighted by atomic mass is 32.1. The fourth-order valence-electron chi connectivity index (χ4n) is 4.07. The molecule has 0 spiro atoms. The lowest BCUT2D eigenvalue weighted by Crippen LogP contribution is -2.20. The minimum absolute atomic E-state index is 0.0450. The van der Waals surface area contributed by atoms with E-state index in [1.54, 1.807) is 6.33 Å². The van der Waals surface area contributed by atoms with Crippen LogP contribution in [0.2, 0.25) is 0 Å². The third kappa shape index (κ3) is 3.99. The van der Waals surface area contributed by atoms with Crippen molar-refractivity contribution < 1.29 is 9.53 Å². The maximum atomic E-state index is 12.8. The largest absolute Gasteiger partial charge is 0.458 e. The number of anilines is 2. The summed E-state index contributed by atoms with van der Waals surface area (Å²) in [4.78, 5) is 23.2. The van der Waals surface area contributed by atoms with Gasteiger partial charge in [-0.3, -0.25) is 0 Å². The Morgan fingerprint density at radius 3 is 2.76 bits per heavy atom. The number of aromatic nitrogens is 2. The molecular weight excluding hydrogens is 382 g/mol. The number of hydrogen-bond acceptors (Lipinski definition) is 6. The number of carbonyl (C=O) groups excluding carboxylic acids is 1. The van der Waals surface area contributed by atoms with Crippen LogP contribution in [0.3, 0.4) is 0 Å². The smallest absolute Gasteiger partial charge is 0.348 e. The van der Waals surface area contributed by atoms with E-state index in [-0.39, 0.29) is 12.1 Å². The summed E-state index contributed by atoms with van der Waals surface area (Å²) in [6.45, 7) is 6.20. The number of esters is 1. The van der Waals surface area contributed by atoms with E-state index in [2.05, 4.69) is 47.3 Å². The highest BCUT2D eigenvalue weighted by molar-refractivity contribution is 7.20. The number of nitrogens with one attached hydrogen (secondary N) is 1. The Kier molecular flexibility index (Phi) is 5.81. The predicted molar refractivity (Wildman–Crippen MR) is 118 cm³/mol. The van der Waals surface area contributed by atoms with Crippen LogP contribution in [0.1, 0.15) is 65.4 Å². The van der Waals surface area contributed by atoms with Crippen LogP contribution in [0.15, 0.2) is 24.5 Å². The summed E-state index contributed by atoms with van der Waals surface area (Å²) >= 11 is 1.39. The van der Waals surface area contributed by atoms with Gasteiger partial charge in [-0.2, -0.15) is 0 Å². The molecule has 1 N–H and O–H groups in total. The topological polar surface area (TPSA) is 64.1 Å². The Morgan fingerprint density at radius 1 is 1.21 bits per heavy atom. The number of thiophene rings is 1. The van der Waals surface area contributed by atoms with Crippen molar-refractivity contribution in [2.45, 2.75) is 65.4 Å². The van der Waals surface area contributed by atoms with Gasteiger partial charge in [0.25, 0.3) is 0 Å². The molecule has 1 aliphatic carbocycles. The maximum absolute atomic E-state index is 12.8. The zero-order valence-corrected chi connectivity index (χ0v) is 18.1. The van der Waals surface area contributed by atoms with Crippen molar-refractivity contribution >= 4 is 39.0 Å². The van der Waals surface area contributed by atoms with Gasteiger partial charge in [0.2, 0.25) is 0 Å². The van der Waals surface area contributed by atoms with E-state index in [4.69, 9.17) is 4.74 Å². The first-order valence-electron chi connectivity index (χ1n) is 10.4. The SMILES string of the molecule is CCc1cccc(C)c1Nc1ncnc2sc(C(=O)OC3CCCCC3)c(C)c12. The lowest BCUT2D eigenvalue weighted by molar-refractivity contribution is 0.0216. The third-order valence-corrected chi connectivity index (χ3v) is 6.90. The lowest BCUT2D eigenvalue weighted by Gasteiger charge is -2.21. The van der Waals surface area contributed by atoms with Crippen LogP contribution in [0.25, 0.3) is 10.2 Å². The normalized spacial score (nSPS) is 14.9. The molecule has 0 atom stereocenters. The quantitative estimate of drug-likeness (QED) is 0.516. The highest BCUT2D eigenvalue weighted by Crippen LogP contribution is 2.36. The summed E-state index contributed by atoms with van der Waals surface area (Å²) in [5.74, 6) is 0.512. The first kappa shape index (κ1) is 19.8. The Bertz CT molecular complexity index is 1040. The minimum atomic E-state index is -0.228. The number of rotatable bonds is 5. The molecule has 29 heavy (non-hydrogen) atoms. The maximum Gasteiger partial charge on any atom is 0.348 e. The van der Waals surface area contributed by atoms with Gasteiger partial charge in [-0.25, -0.2) is 14.8 Å². The van der Waals surface area contributed by atoms with Gasteiger partial charge >= 0.3 is 5.97 Å². The van der Waals surface area contributed by atoms with Gasteiger partial charge < -0.3 is 10.1 Å². The van der Waals surface area contributed by atoms with Crippen LogP contribution in [0, 0.1) is 13.8 Å². The van der Waals surface area contributed by atoms with Crippen molar-refractivity contribution in [2.75, 3.05) is 5.32 Å². The van der Waals surface area contributed by atoms with Crippen LogP contribution in [-0.2, 0) is 11.2 Å². The molecule has 6 heteroatoms. The fourth-order valence-corrected chi connectivity index (χ4v) is 5.10. The molecule has 2 heterocycles. The average Bonchev–Trinajstić information content (AvgIpc) is 3.08. The molecular formula is C23H27N3O2S. The Hall–Kier alpha value is -2.47. The van der Waals surface area contributed by atoms with Crippen molar-refractivity contribution in [2.24, 2.45) is 0 Å². The minimum Gasteiger partial charge on any atom is -0.458 e. The fraction of sp³-hybridized carbons (Fsp3) is 0.435. The number of aryl methyl sites for hydroxylation is 3. The lowest BCUT2D eigenvalue weighted by atomic mass is 9.98. The van der Waals surface area contributed by atoms with E-state index >= 15 is 0 Å². The summed E-state index contributed by atoms with van der Waals surface area (Å²) in [6.07, 6.45) is 7.98. The summed E-state index contributed by atoms with van der Waals surface area (Å²) in [7, 11) is 0. The van der Waals surface area contributed by atoms with Crippen molar-refractivity contribution in [3.8, 4) is 0 Å². The number of nitrogens with zero attached hydrogens (tertiary/aromatic N) is 2. The third-order valence-electron chi connectivity index (χ3n) is 5.72. The van der Waals surface area contributed by atoms with Crippen LogP contribution >= 0.6 is 11.3 Å². The molecule has 0 bridgehead atoms. The van der Waals surface area contributed by atoms with E-state index in [0.29, 0.717) is 4.88 Å². The molecule has 0 amide bonds. The molecule has 1 fully saturated rings. The first-order valence-corrected chi connectivity index (χ1v) is 11.2. The molecule has 0 aliphatic heterocycles. The van der Waals surface area contributed by atoms with Gasteiger partial charge in [0, 0.05) is 5.69 Å². The molecule has 1 aromatic carbocycles. The Balaban J connectivity index is 1.68. The van der Waals surface area contributed by atoms with E-state index in [0.717, 1.165) is 59.4 Å². The van der Waals surface area contributed by atoms with Gasteiger partial charge in [0.15, 0.2) is 0 Å². The zero-order chi connectivity index (χ0) is 20.4. The summed E-state index contributed by atoms with van der Waals surface area (Å²) in [5.41, 5.74) is 4.37. The van der Waals surface area contributed by atoms with Crippen molar-refractivity contribution in [3.63, 3.8) is 0 Å². The van der Waals surface area contributed by atoms with Gasteiger partial charge in [-0.15, -0.1) is 11.3 Å². The first-order chi connectivity index (χ1) is 14.1. The van der Waals surface area contributed by atoms with Crippen molar-refractivity contribution in [1.29, 1.82) is 0 Å². The Labute approximate surface area is 175 Å². The molecule has 3 aromatic rings. The highest BCUT2D eigenvalue weighted by Gasteiger charge is 2.24. The van der Waals surface area contributed by atoms with Gasteiger partial charge in [-0.05, 0) is 62.6 Å². The van der Waals surface area contributed by atoms with Crippen LogP contribution in [0.4, 0.5) is 11.5 Å². The van der Waals surface area contributed by atoms with Gasteiger partial charge in [0.1, 0.15) is 28.0 Å². The number of carbonyl (C=O) groups is 1. The number of para-hydroxylation sites is 1. The average molecular weight is 410 g/mol. The molecule has 152 valence electrons. The number of fused-ring (bicyclic) bond motifs is 1. The summed E-state index contributed by atoms with van der Waals surface area (Å²) in [5, 5.41) is 4.41. The van der Waals surface area contributed by atoms with Gasteiger partial charge in [-0.1, -0.05) is 31.5 Å². The second-order valence-electron chi connectivity index (χ2n) is 7.71. The number of ether oxygens (including phenoxy) is 1. The monoisotopic (exact) mass is 409 g/mol. The van der Waals surface area contributed by atoms with Crippen molar-refractivity contribution in [3.05, 3.63) is 46.1 Å². The second-order valence-corrected chi connectivity index (χ2v) is 8.71. The van der Waals surface area contributed by atoms with Crippen LogP contribution in [-0.4, -0.2) is 22.0 Å². The van der Waals surface area contributed by atoms with Gasteiger partial charge in [0.05, 0.1) is 5.39 Å². The summed E-state index contributed by atoms with van der Waals surface area (Å²) in [6, 6.07) is 6.29. The molecule has 1 saturated carbocycles. The molecule has 5 nitrogen and oxygen atoms in total. The van der Waals surface area contributed by atoms with Crippen LogP contribution < -0.4 is 5.32 Å². The van der Waals surface area contributed by atoms with E-state index in [9.17, 15) is 4.79 Å². The number of benzene rings is 1. The predicted octanol–water partition coefficient (Wildman–Crippen LogP) is 6.10. The molecule has 0 unspecified atom stereocenters. The molecule has 1 aliphatic rings. The zero-order valence-electron chi connectivity index (χ0n) is 17.2. The van der Waals surface area contributed by atoms with E-state index in [1.807, 2.05) is 6.92 Å². The molecule has 0 radical (unpaired) electrons. The second kappa shape index (κ2) is 8.49. The standard InChI is InChI=1S/C23H27N3O2S/c1-4-16-10-8-9-14(2)19(16)26-21-18-15(3)20(29-22(18)25-13-24-21)23(27)28-17-11-6-5-7-12-17/h8-10,13,17H,4-7,11-12H2,1-3H3,(H,24,25,26). The molecule has 0 saturated heterocycles.